The molecule has 7 nitrogen and oxygen atoms in total. The number of benzene rings is 2. The lowest BCUT2D eigenvalue weighted by molar-refractivity contribution is -0.122. The first-order valence-electron chi connectivity index (χ1n) is 11.1. The van der Waals surface area contributed by atoms with E-state index in [2.05, 4.69) is 39.2 Å². The van der Waals surface area contributed by atoms with Crippen LogP contribution in [0.4, 0.5) is 0 Å². The van der Waals surface area contributed by atoms with Gasteiger partial charge in [0.25, 0.3) is 0 Å². The summed E-state index contributed by atoms with van der Waals surface area (Å²) in [5, 5.41) is 3.07. The summed E-state index contributed by atoms with van der Waals surface area (Å²) in [7, 11) is 4.93. The van der Waals surface area contributed by atoms with Gasteiger partial charge in [-0.15, -0.1) is 0 Å². The molecule has 0 saturated heterocycles. The first-order valence-corrected chi connectivity index (χ1v) is 11.1. The molecule has 1 unspecified atom stereocenters. The minimum Gasteiger partial charge on any atom is -0.496 e. The fourth-order valence-electron chi connectivity index (χ4n) is 4.47. The molecule has 0 radical (unpaired) electrons. The van der Waals surface area contributed by atoms with Crippen molar-refractivity contribution >= 4 is 5.91 Å². The van der Waals surface area contributed by atoms with Gasteiger partial charge in [0.05, 0.1) is 33.9 Å². The number of hydrogen-bond donors (Lipinski definition) is 1. The third-order valence-electron chi connectivity index (χ3n) is 6.10. The van der Waals surface area contributed by atoms with E-state index in [0.717, 1.165) is 30.0 Å². The number of amides is 1. The van der Waals surface area contributed by atoms with Crippen molar-refractivity contribution < 1.29 is 19.0 Å². The number of hydrogen-bond acceptors (Lipinski definition) is 5. The van der Waals surface area contributed by atoms with E-state index in [4.69, 9.17) is 14.2 Å². The molecule has 2 heterocycles. The number of ether oxygens (including phenoxy) is 3. The molecule has 1 aromatic heterocycles. The van der Waals surface area contributed by atoms with E-state index in [9.17, 15) is 4.79 Å². The Morgan fingerprint density at radius 2 is 1.73 bits per heavy atom. The Hall–Kier alpha value is -3.45. The van der Waals surface area contributed by atoms with Crippen LogP contribution in [-0.2, 0) is 17.8 Å². The molecule has 1 N–H and O–H groups in total. The highest BCUT2D eigenvalue weighted by atomic mass is 16.5. The fraction of sp³-hybridized carbons (Fsp3) is 0.346. The van der Waals surface area contributed by atoms with Gasteiger partial charge in [-0.2, -0.15) is 0 Å². The van der Waals surface area contributed by atoms with Gasteiger partial charge in [-0.25, -0.2) is 0 Å². The predicted octanol–water partition coefficient (Wildman–Crippen LogP) is 3.28. The molecule has 0 spiro atoms. The van der Waals surface area contributed by atoms with Crippen molar-refractivity contribution in [2.24, 2.45) is 0 Å². The Morgan fingerprint density at radius 1 is 0.939 bits per heavy atom. The summed E-state index contributed by atoms with van der Waals surface area (Å²) < 4.78 is 18.5. The van der Waals surface area contributed by atoms with E-state index in [0.29, 0.717) is 31.0 Å². The van der Waals surface area contributed by atoms with Gasteiger partial charge in [0.1, 0.15) is 5.75 Å². The quantitative estimate of drug-likeness (QED) is 0.543. The van der Waals surface area contributed by atoms with Gasteiger partial charge in [-0.1, -0.05) is 24.3 Å². The van der Waals surface area contributed by atoms with Crippen LogP contribution in [0.25, 0.3) is 0 Å². The average molecular weight is 450 g/mol. The Balaban J connectivity index is 1.42. The molecular weight excluding hydrogens is 418 g/mol. The van der Waals surface area contributed by atoms with Crippen LogP contribution in [0.3, 0.4) is 0 Å². The number of aromatic nitrogens is 1. The summed E-state index contributed by atoms with van der Waals surface area (Å²) >= 11 is 0. The molecule has 0 saturated carbocycles. The average Bonchev–Trinajstić information content (AvgIpc) is 3.32. The van der Waals surface area contributed by atoms with Gasteiger partial charge in [0.15, 0.2) is 11.5 Å². The largest absolute Gasteiger partial charge is 0.496 e. The molecule has 0 aliphatic carbocycles. The summed E-state index contributed by atoms with van der Waals surface area (Å²) in [5.74, 6) is 2.23. The van der Waals surface area contributed by atoms with E-state index < -0.39 is 0 Å². The molecule has 3 aromatic rings. The van der Waals surface area contributed by atoms with Crippen molar-refractivity contribution in [1.29, 1.82) is 0 Å². The fourth-order valence-corrected chi connectivity index (χ4v) is 4.47. The van der Waals surface area contributed by atoms with Crippen LogP contribution in [0.2, 0.25) is 0 Å². The maximum Gasteiger partial charge on any atom is 0.234 e. The minimum atomic E-state index is -0.0403. The normalized spacial score (nSPS) is 15.5. The van der Waals surface area contributed by atoms with Crippen molar-refractivity contribution in [2.45, 2.75) is 19.0 Å². The zero-order valence-electron chi connectivity index (χ0n) is 19.4. The van der Waals surface area contributed by atoms with Crippen LogP contribution < -0.4 is 19.5 Å². The van der Waals surface area contributed by atoms with Gasteiger partial charge >= 0.3 is 0 Å². The predicted molar refractivity (Wildman–Crippen MR) is 127 cm³/mol. The van der Waals surface area contributed by atoms with Crippen molar-refractivity contribution in [3.63, 3.8) is 0 Å². The number of fused-ring (bicyclic) bond motifs is 1. The zero-order chi connectivity index (χ0) is 23.2. The number of methoxy groups -OCH3 is 3. The van der Waals surface area contributed by atoms with Crippen LogP contribution >= 0.6 is 0 Å². The van der Waals surface area contributed by atoms with Crippen molar-refractivity contribution in [2.75, 3.05) is 41.0 Å². The summed E-state index contributed by atoms with van der Waals surface area (Å²) in [6, 6.07) is 18.0. The molecule has 0 fully saturated rings. The molecule has 2 aromatic carbocycles. The summed E-state index contributed by atoms with van der Waals surface area (Å²) in [4.78, 5) is 15.1. The lowest BCUT2D eigenvalue weighted by Gasteiger charge is -2.37. The smallest absolute Gasteiger partial charge is 0.234 e. The van der Waals surface area contributed by atoms with Crippen molar-refractivity contribution in [3.05, 3.63) is 77.6 Å². The molecule has 1 aliphatic heterocycles. The highest BCUT2D eigenvalue weighted by molar-refractivity contribution is 5.78. The Morgan fingerprint density at radius 3 is 2.52 bits per heavy atom. The minimum absolute atomic E-state index is 0.00961. The third kappa shape index (κ3) is 4.98. The second-order valence-corrected chi connectivity index (χ2v) is 8.03. The molecular formula is C26H31N3O4. The van der Waals surface area contributed by atoms with Gasteiger partial charge in [-0.05, 0) is 42.3 Å². The van der Waals surface area contributed by atoms with Gasteiger partial charge in [-0.3, -0.25) is 9.69 Å². The molecule has 0 bridgehead atoms. The van der Waals surface area contributed by atoms with Crippen molar-refractivity contribution in [3.8, 4) is 17.2 Å². The lowest BCUT2D eigenvalue weighted by Crippen LogP contribution is -2.44. The molecule has 174 valence electrons. The van der Waals surface area contributed by atoms with Crippen LogP contribution in [0.15, 0.2) is 60.8 Å². The number of rotatable bonds is 9. The van der Waals surface area contributed by atoms with Crippen LogP contribution in [0.5, 0.6) is 17.2 Å². The Bertz CT molecular complexity index is 1090. The molecule has 33 heavy (non-hydrogen) atoms. The first-order chi connectivity index (χ1) is 16.1. The summed E-state index contributed by atoms with van der Waals surface area (Å²) in [6.07, 6.45) is 2.81. The highest BCUT2D eigenvalue weighted by Gasteiger charge is 2.31. The highest BCUT2D eigenvalue weighted by Crippen LogP contribution is 2.36. The molecule has 1 amide bonds. The zero-order valence-corrected chi connectivity index (χ0v) is 19.4. The molecule has 4 rings (SSSR count). The number of carbonyl (C=O) groups is 1. The standard InChI is InChI=1S/C26H31N3O4/c1-31-22-9-5-4-7-20(22)26-21-8-6-14-28(21)15-16-29(26)18-25(30)27-13-12-19-10-11-23(32-2)24(17-19)33-3/h4-11,14,17,26H,12-13,15-16,18H2,1-3H3,(H,27,30). The summed E-state index contributed by atoms with van der Waals surface area (Å²) in [6.45, 7) is 2.51. The van der Waals surface area contributed by atoms with Gasteiger partial charge in [0.2, 0.25) is 5.91 Å². The number of carbonyl (C=O) groups excluding carboxylic acids is 1. The van der Waals surface area contributed by atoms with E-state index in [1.807, 2.05) is 36.4 Å². The van der Waals surface area contributed by atoms with Crippen LogP contribution in [-0.4, -0.2) is 56.3 Å². The first kappa shape index (κ1) is 22.7. The van der Waals surface area contributed by atoms with E-state index in [-0.39, 0.29) is 11.9 Å². The molecule has 7 heteroatoms. The maximum absolute atomic E-state index is 12.9. The SMILES string of the molecule is COc1ccc(CCNC(=O)CN2CCn3cccc3C2c2ccccc2OC)cc1OC. The topological polar surface area (TPSA) is 65.0 Å². The van der Waals surface area contributed by atoms with E-state index in [1.165, 1.54) is 5.69 Å². The summed E-state index contributed by atoms with van der Waals surface area (Å²) in [5.41, 5.74) is 3.32. The number of nitrogens with zero attached hydrogens (tertiary/aromatic N) is 2. The van der Waals surface area contributed by atoms with E-state index in [1.54, 1.807) is 21.3 Å². The van der Waals surface area contributed by atoms with Gasteiger partial charge < -0.3 is 24.1 Å². The number of para-hydroxylation sites is 1. The molecule has 1 aliphatic rings. The maximum atomic E-state index is 12.9. The van der Waals surface area contributed by atoms with Gasteiger partial charge in [0, 0.05) is 37.1 Å². The van der Waals surface area contributed by atoms with E-state index >= 15 is 0 Å². The second kappa shape index (κ2) is 10.4. The monoisotopic (exact) mass is 449 g/mol. The lowest BCUT2D eigenvalue weighted by atomic mass is 9.99. The molecule has 1 atom stereocenters. The Labute approximate surface area is 194 Å². The van der Waals surface area contributed by atoms with Crippen LogP contribution in [0.1, 0.15) is 22.9 Å². The van der Waals surface area contributed by atoms with Crippen molar-refractivity contribution in [1.82, 2.24) is 14.8 Å². The van der Waals surface area contributed by atoms with Crippen LogP contribution in [0, 0.1) is 0 Å². The third-order valence-corrected chi connectivity index (χ3v) is 6.10. The Kier molecular flexibility index (Phi) is 7.19. The number of nitrogens with one attached hydrogen (secondary N) is 1. The second-order valence-electron chi connectivity index (χ2n) is 8.03.